The molecule has 2 heterocycles. The average molecular weight is 361 g/mol. The van der Waals surface area contributed by atoms with Gasteiger partial charge in [-0.05, 0) is 37.1 Å². The zero-order valence-corrected chi connectivity index (χ0v) is 15.1. The topological polar surface area (TPSA) is 64.4 Å². The van der Waals surface area contributed by atoms with Gasteiger partial charge in [0.1, 0.15) is 0 Å². The maximum atomic E-state index is 13.4. The standard InChI is InChI=1S/C21H19N3O3/c1-14-12-15-8-6-7-11-17(15)23(14)21(26)20-18(27-2)13-19(25)24(22-20)16-9-4-3-5-10-16/h3-11,13-14H,12H2,1-2H3. The molecule has 0 fully saturated rings. The molecule has 1 aromatic heterocycles. The monoisotopic (exact) mass is 361 g/mol. The van der Waals surface area contributed by atoms with E-state index in [1.807, 2.05) is 49.4 Å². The molecule has 4 rings (SSSR count). The van der Waals surface area contributed by atoms with Crippen LogP contribution in [-0.2, 0) is 6.42 Å². The summed E-state index contributed by atoms with van der Waals surface area (Å²) < 4.78 is 6.52. The summed E-state index contributed by atoms with van der Waals surface area (Å²) in [6, 6.07) is 18.1. The zero-order valence-electron chi connectivity index (χ0n) is 15.1. The summed E-state index contributed by atoms with van der Waals surface area (Å²) >= 11 is 0. The van der Waals surface area contributed by atoms with Crippen molar-refractivity contribution in [3.05, 3.63) is 82.3 Å². The summed E-state index contributed by atoms with van der Waals surface area (Å²) in [6.45, 7) is 2.00. The van der Waals surface area contributed by atoms with Crippen LogP contribution in [0.1, 0.15) is 23.0 Å². The van der Waals surface area contributed by atoms with Gasteiger partial charge in [0.15, 0.2) is 11.4 Å². The van der Waals surface area contributed by atoms with Crippen LogP contribution in [0.15, 0.2) is 65.5 Å². The van der Waals surface area contributed by atoms with E-state index >= 15 is 0 Å². The van der Waals surface area contributed by atoms with Gasteiger partial charge in [0.2, 0.25) is 0 Å². The lowest BCUT2D eigenvalue weighted by Crippen LogP contribution is -2.38. The van der Waals surface area contributed by atoms with E-state index in [2.05, 4.69) is 5.10 Å². The summed E-state index contributed by atoms with van der Waals surface area (Å²) in [4.78, 5) is 27.5. The first-order valence-electron chi connectivity index (χ1n) is 8.75. The highest BCUT2D eigenvalue weighted by Gasteiger charge is 2.34. The van der Waals surface area contributed by atoms with Crippen LogP contribution in [0.5, 0.6) is 5.75 Å². The van der Waals surface area contributed by atoms with Crippen molar-refractivity contribution in [3.63, 3.8) is 0 Å². The van der Waals surface area contributed by atoms with Gasteiger partial charge in [0.05, 0.1) is 18.9 Å². The molecular weight excluding hydrogens is 342 g/mol. The number of fused-ring (bicyclic) bond motifs is 1. The molecule has 0 radical (unpaired) electrons. The molecule has 1 amide bonds. The molecule has 2 aromatic carbocycles. The number of nitrogens with zero attached hydrogens (tertiary/aromatic N) is 3. The van der Waals surface area contributed by atoms with E-state index in [4.69, 9.17) is 4.74 Å². The van der Waals surface area contributed by atoms with Gasteiger partial charge in [-0.3, -0.25) is 9.59 Å². The van der Waals surface area contributed by atoms with Crippen LogP contribution >= 0.6 is 0 Å². The zero-order chi connectivity index (χ0) is 19.0. The third kappa shape index (κ3) is 2.89. The molecule has 6 heteroatoms. The van der Waals surface area contributed by atoms with Crippen molar-refractivity contribution in [2.75, 3.05) is 12.0 Å². The Kier molecular flexibility index (Phi) is 4.24. The van der Waals surface area contributed by atoms with E-state index < -0.39 is 0 Å². The van der Waals surface area contributed by atoms with Gasteiger partial charge in [-0.15, -0.1) is 0 Å². The fourth-order valence-electron chi connectivity index (χ4n) is 3.49. The molecule has 0 N–H and O–H groups in total. The minimum absolute atomic E-state index is 0.00138. The van der Waals surface area contributed by atoms with Crippen LogP contribution in [0, 0.1) is 0 Å². The number of rotatable bonds is 3. The highest BCUT2D eigenvalue weighted by atomic mass is 16.5. The van der Waals surface area contributed by atoms with Gasteiger partial charge in [0, 0.05) is 11.7 Å². The number of hydrogen-bond acceptors (Lipinski definition) is 4. The first-order valence-corrected chi connectivity index (χ1v) is 8.75. The van der Waals surface area contributed by atoms with Crippen molar-refractivity contribution in [1.29, 1.82) is 0 Å². The van der Waals surface area contributed by atoms with Gasteiger partial charge in [-0.1, -0.05) is 36.4 Å². The van der Waals surface area contributed by atoms with E-state index in [0.717, 1.165) is 17.7 Å². The minimum Gasteiger partial charge on any atom is -0.494 e. The summed E-state index contributed by atoms with van der Waals surface area (Å²) in [5, 5.41) is 4.35. The number of aromatic nitrogens is 2. The first-order chi connectivity index (χ1) is 13.1. The highest BCUT2D eigenvalue weighted by molar-refractivity contribution is 6.08. The molecule has 1 atom stereocenters. The molecule has 1 aliphatic heterocycles. The van der Waals surface area contributed by atoms with E-state index in [1.165, 1.54) is 17.9 Å². The molecule has 0 saturated carbocycles. The van der Waals surface area contributed by atoms with E-state index in [0.29, 0.717) is 5.69 Å². The summed E-state index contributed by atoms with van der Waals surface area (Å²) in [5.74, 6) is -0.109. The Bertz CT molecular complexity index is 1060. The molecular formula is C21H19N3O3. The quantitative estimate of drug-likeness (QED) is 0.720. The molecule has 6 nitrogen and oxygen atoms in total. The van der Waals surface area contributed by atoms with E-state index in [-0.39, 0.29) is 29.0 Å². The summed E-state index contributed by atoms with van der Waals surface area (Å²) in [6.07, 6.45) is 0.780. The van der Waals surface area contributed by atoms with Crippen molar-refractivity contribution in [2.24, 2.45) is 0 Å². The predicted molar refractivity (Wildman–Crippen MR) is 103 cm³/mol. The Morgan fingerprint density at radius 2 is 1.81 bits per heavy atom. The minimum atomic E-state index is -0.357. The van der Waals surface area contributed by atoms with Crippen LogP contribution in [0.3, 0.4) is 0 Å². The number of benzene rings is 2. The number of carbonyl (C=O) groups excluding carboxylic acids is 1. The van der Waals surface area contributed by atoms with Crippen molar-refractivity contribution in [1.82, 2.24) is 9.78 Å². The van der Waals surface area contributed by atoms with Crippen molar-refractivity contribution >= 4 is 11.6 Å². The number of hydrogen-bond donors (Lipinski definition) is 0. The molecule has 1 aliphatic rings. The van der Waals surface area contributed by atoms with Crippen molar-refractivity contribution < 1.29 is 9.53 Å². The lowest BCUT2D eigenvalue weighted by atomic mass is 10.1. The molecule has 136 valence electrons. The smallest absolute Gasteiger partial charge is 0.282 e. The van der Waals surface area contributed by atoms with Crippen LogP contribution < -0.4 is 15.2 Å². The Hall–Kier alpha value is -3.41. The van der Waals surface area contributed by atoms with Gasteiger partial charge in [-0.25, -0.2) is 0 Å². The Balaban J connectivity index is 1.84. The largest absolute Gasteiger partial charge is 0.494 e. The van der Waals surface area contributed by atoms with Gasteiger partial charge in [0.25, 0.3) is 11.5 Å². The molecule has 3 aromatic rings. The molecule has 1 unspecified atom stereocenters. The first kappa shape index (κ1) is 17.0. The second-order valence-corrected chi connectivity index (χ2v) is 6.50. The Morgan fingerprint density at radius 3 is 2.56 bits per heavy atom. The number of anilines is 1. The maximum Gasteiger partial charge on any atom is 0.282 e. The lowest BCUT2D eigenvalue weighted by Gasteiger charge is -2.23. The fraction of sp³-hybridized carbons (Fsp3) is 0.190. The molecule has 0 aliphatic carbocycles. The number of ether oxygens (including phenoxy) is 1. The van der Waals surface area contributed by atoms with Gasteiger partial charge in [-0.2, -0.15) is 9.78 Å². The third-order valence-corrected chi connectivity index (χ3v) is 4.75. The second kappa shape index (κ2) is 6.72. The number of para-hydroxylation sites is 2. The van der Waals surface area contributed by atoms with Crippen LogP contribution in [0.25, 0.3) is 5.69 Å². The summed E-state index contributed by atoms with van der Waals surface area (Å²) in [5.41, 5.74) is 2.34. The average Bonchev–Trinajstić information content (AvgIpc) is 3.03. The lowest BCUT2D eigenvalue weighted by molar-refractivity contribution is 0.0971. The second-order valence-electron chi connectivity index (χ2n) is 6.50. The Morgan fingerprint density at radius 1 is 1.11 bits per heavy atom. The van der Waals surface area contributed by atoms with Crippen molar-refractivity contribution in [3.8, 4) is 11.4 Å². The normalized spacial score (nSPS) is 15.5. The molecule has 0 spiro atoms. The SMILES string of the molecule is COc1cc(=O)n(-c2ccccc2)nc1C(=O)N1c2ccccc2CC1C. The van der Waals surface area contributed by atoms with Gasteiger partial charge >= 0.3 is 0 Å². The van der Waals surface area contributed by atoms with Crippen LogP contribution in [0.4, 0.5) is 5.69 Å². The number of methoxy groups -OCH3 is 1. The molecule has 0 bridgehead atoms. The Labute approximate surface area is 156 Å². The van der Waals surface area contributed by atoms with Gasteiger partial charge < -0.3 is 9.64 Å². The number of carbonyl (C=O) groups is 1. The molecule has 27 heavy (non-hydrogen) atoms. The van der Waals surface area contributed by atoms with Crippen LogP contribution in [0.2, 0.25) is 0 Å². The number of amides is 1. The predicted octanol–water partition coefficient (Wildman–Crippen LogP) is 2.83. The van der Waals surface area contributed by atoms with E-state index in [1.54, 1.807) is 17.0 Å². The third-order valence-electron chi connectivity index (χ3n) is 4.75. The van der Waals surface area contributed by atoms with Crippen molar-refractivity contribution in [2.45, 2.75) is 19.4 Å². The molecule has 0 saturated heterocycles. The maximum absolute atomic E-state index is 13.4. The highest BCUT2D eigenvalue weighted by Crippen LogP contribution is 2.33. The summed E-state index contributed by atoms with van der Waals surface area (Å²) in [7, 11) is 1.43. The fourth-order valence-corrected chi connectivity index (χ4v) is 3.49. The van der Waals surface area contributed by atoms with Crippen LogP contribution in [-0.4, -0.2) is 28.8 Å². The van der Waals surface area contributed by atoms with E-state index in [9.17, 15) is 9.59 Å².